The fourth-order valence-corrected chi connectivity index (χ4v) is 3.11. The van der Waals surface area contributed by atoms with Crippen LogP contribution in [-0.4, -0.2) is 54.8 Å². The lowest BCUT2D eigenvalue weighted by molar-refractivity contribution is -0.0518. The minimum absolute atomic E-state index is 0.0342. The molecule has 0 aromatic carbocycles. The van der Waals surface area contributed by atoms with Gasteiger partial charge in [-0.05, 0) is 0 Å². The molecule has 0 aliphatic carbocycles. The van der Waals surface area contributed by atoms with Gasteiger partial charge in [0.05, 0.1) is 6.61 Å². The van der Waals surface area contributed by atoms with Gasteiger partial charge in [-0.15, -0.1) is 0 Å². The van der Waals surface area contributed by atoms with Gasteiger partial charge in [-0.3, -0.25) is 19.1 Å². The van der Waals surface area contributed by atoms with Gasteiger partial charge in [0.15, 0.2) is 11.9 Å². The zero-order valence-corrected chi connectivity index (χ0v) is 11.3. The Morgan fingerprint density at radius 1 is 1.38 bits per heavy atom. The number of anilines is 1. The van der Waals surface area contributed by atoms with Gasteiger partial charge in [0.25, 0.3) is 5.56 Å². The lowest BCUT2D eigenvalue weighted by Gasteiger charge is -2.15. The highest BCUT2D eigenvalue weighted by molar-refractivity contribution is 7.16. The summed E-state index contributed by atoms with van der Waals surface area (Å²) in [5.74, 6) is -0.189. The summed E-state index contributed by atoms with van der Waals surface area (Å²) in [5.41, 5.74) is 4.83. The second-order valence-corrected chi connectivity index (χ2v) is 5.53. The Hall–Kier alpha value is -1.79. The first-order chi connectivity index (χ1) is 9.93. The maximum absolute atomic E-state index is 12.0. The van der Waals surface area contributed by atoms with E-state index in [1.54, 1.807) is 0 Å². The highest BCUT2D eigenvalue weighted by atomic mass is 32.1. The van der Waals surface area contributed by atoms with E-state index in [0.717, 1.165) is 4.57 Å². The fourth-order valence-electron chi connectivity index (χ4n) is 2.26. The molecular formula is C10H12N4O6S. The highest BCUT2D eigenvalue weighted by Gasteiger charge is 2.44. The van der Waals surface area contributed by atoms with Crippen LogP contribution in [0.4, 0.5) is 5.95 Å². The van der Waals surface area contributed by atoms with Crippen LogP contribution in [0.5, 0.6) is 0 Å². The zero-order valence-electron chi connectivity index (χ0n) is 10.5. The van der Waals surface area contributed by atoms with E-state index in [1.807, 2.05) is 0 Å². The monoisotopic (exact) mass is 316 g/mol. The molecule has 0 spiro atoms. The number of ether oxygens (including phenoxy) is 1. The summed E-state index contributed by atoms with van der Waals surface area (Å²) in [6.45, 7) is -0.526. The van der Waals surface area contributed by atoms with E-state index in [1.165, 1.54) is 0 Å². The molecule has 0 saturated carbocycles. The number of aliphatic hydroxyl groups excluding tert-OH is 3. The van der Waals surface area contributed by atoms with Crippen LogP contribution in [0.25, 0.3) is 10.3 Å². The third-order valence-corrected chi connectivity index (χ3v) is 4.21. The van der Waals surface area contributed by atoms with Crippen molar-refractivity contribution in [2.24, 2.45) is 0 Å². The maximum Gasteiger partial charge on any atom is 0.311 e. The molecule has 114 valence electrons. The zero-order chi connectivity index (χ0) is 15.3. The summed E-state index contributed by atoms with van der Waals surface area (Å²) in [6, 6.07) is 0. The molecular weight excluding hydrogens is 304 g/mol. The number of fused-ring (bicyclic) bond motifs is 1. The maximum atomic E-state index is 12.0. The summed E-state index contributed by atoms with van der Waals surface area (Å²) in [5, 5.41) is 28.8. The molecule has 11 heteroatoms. The number of H-pyrrole nitrogens is 1. The number of nitrogen functional groups attached to an aromatic ring is 1. The first kappa shape index (κ1) is 14.2. The lowest BCUT2D eigenvalue weighted by atomic mass is 10.1. The number of aromatic amines is 1. The molecule has 10 nitrogen and oxygen atoms in total. The smallest absolute Gasteiger partial charge is 0.311 e. The predicted molar refractivity (Wildman–Crippen MR) is 71.9 cm³/mol. The standard InChI is InChI=1S/C10H12N4O6S/c11-9-12-6-5(7(18)13-9)21-10(19)14(6)8-4(17)3(16)2(1-15)20-8/h2-4,8,15-17H,1H2,(H3,11,12,13,18)/t2-,3+,4+,8-/m1/s1. The van der Waals surface area contributed by atoms with Gasteiger partial charge in [-0.1, -0.05) is 11.3 Å². The van der Waals surface area contributed by atoms with E-state index in [0.29, 0.717) is 11.3 Å². The van der Waals surface area contributed by atoms with E-state index in [2.05, 4.69) is 9.97 Å². The first-order valence-electron chi connectivity index (χ1n) is 5.97. The van der Waals surface area contributed by atoms with Gasteiger partial charge in [0.1, 0.15) is 23.0 Å². The number of thiazole rings is 1. The van der Waals surface area contributed by atoms with E-state index in [-0.39, 0.29) is 16.3 Å². The Balaban J connectivity index is 2.20. The molecule has 0 radical (unpaired) electrons. The third kappa shape index (κ3) is 2.06. The average molecular weight is 316 g/mol. The fraction of sp³-hybridized carbons (Fsp3) is 0.500. The largest absolute Gasteiger partial charge is 0.394 e. The number of hydrogen-bond acceptors (Lipinski definition) is 9. The molecule has 1 saturated heterocycles. The van der Waals surface area contributed by atoms with Crippen molar-refractivity contribution in [3.05, 3.63) is 20.0 Å². The van der Waals surface area contributed by atoms with E-state index in [9.17, 15) is 19.8 Å². The van der Waals surface area contributed by atoms with Gasteiger partial charge >= 0.3 is 4.87 Å². The predicted octanol–water partition coefficient (Wildman–Crippen LogP) is -2.66. The summed E-state index contributed by atoms with van der Waals surface area (Å²) in [7, 11) is 0. The molecule has 3 heterocycles. The Labute approximate surface area is 120 Å². The van der Waals surface area contributed by atoms with Gasteiger partial charge in [-0.2, -0.15) is 4.98 Å². The third-order valence-electron chi connectivity index (χ3n) is 3.26. The molecule has 1 aliphatic rings. The molecule has 1 aliphatic heterocycles. The van der Waals surface area contributed by atoms with Crippen LogP contribution in [-0.2, 0) is 4.74 Å². The molecule has 4 atom stereocenters. The van der Waals surface area contributed by atoms with Gasteiger partial charge < -0.3 is 25.8 Å². The van der Waals surface area contributed by atoms with Crippen LogP contribution in [0.15, 0.2) is 9.59 Å². The average Bonchev–Trinajstić information content (AvgIpc) is 2.89. The topological polar surface area (TPSA) is 164 Å². The van der Waals surface area contributed by atoms with Crippen LogP contribution in [0.2, 0.25) is 0 Å². The van der Waals surface area contributed by atoms with Crippen LogP contribution in [0.1, 0.15) is 6.23 Å². The van der Waals surface area contributed by atoms with Gasteiger partial charge in [-0.25, -0.2) is 0 Å². The number of nitrogens with zero attached hydrogens (tertiary/aromatic N) is 2. The van der Waals surface area contributed by atoms with Crippen LogP contribution < -0.4 is 16.2 Å². The van der Waals surface area contributed by atoms with Crippen molar-refractivity contribution in [1.29, 1.82) is 0 Å². The lowest BCUT2D eigenvalue weighted by Crippen LogP contribution is -2.34. The number of rotatable bonds is 2. The van der Waals surface area contributed by atoms with E-state index in [4.69, 9.17) is 15.6 Å². The Morgan fingerprint density at radius 3 is 2.71 bits per heavy atom. The van der Waals surface area contributed by atoms with Gasteiger partial charge in [0.2, 0.25) is 5.95 Å². The molecule has 2 aromatic rings. The van der Waals surface area contributed by atoms with Crippen molar-refractivity contribution in [2.75, 3.05) is 12.3 Å². The second-order valence-electron chi connectivity index (χ2n) is 4.57. The number of nitrogens with two attached hydrogens (primary N) is 1. The Morgan fingerprint density at radius 2 is 2.10 bits per heavy atom. The van der Waals surface area contributed by atoms with Crippen molar-refractivity contribution >= 4 is 27.6 Å². The summed E-state index contributed by atoms with van der Waals surface area (Å²) in [6.07, 6.45) is -5.10. The summed E-state index contributed by atoms with van der Waals surface area (Å²) in [4.78, 5) is 29.3. The summed E-state index contributed by atoms with van der Waals surface area (Å²) >= 11 is 0.623. The molecule has 21 heavy (non-hydrogen) atoms. The normalized spacial score (nSPS) is 29.3. The second kappa shape index (κ2) is 4.89. The van der Waals surface area contributed by atoms with E-state index < -0.39 is 41.6 Å². The molecule has 0 unspecified atom stereocenters. The number of aliphatic hydroxyl groups is 3. The molecule has 0 amide bonds. The Bertz CT molecular complexity index is 797. The highest BCUT2D eigenvalue weighted by Crippen LogP contribution is 2.30. The SMILES string of the molecule is Nc1nc2c(sc(=O)n2[C@@H]2O[C@H](CO)[C@H](O)[C@@H]2O)c(=O)[nH]1. The minimum Gasteiger partial charge on any atom is -0.394 e. The van der Waals surface area contributed by atoms with Crippen LogP contribution >= 0.6 is 11.3 Å². The first-order valence-corrected chi connectivity index (χ1v) is 6.79. The van der Waals surface area contributed by atoms with Crippen LogP contribution in [0.3, 0.4) is 0 Å². The number of nitrogens with one attached hydrogen (secondary N) is 1. The van der Waals surface area contributed by atoms with Crippen molar-refractivity contribution in [2.45, 2.75) is 24.5 Å². The molecule has 6 N–H and O–H groups in total. The van der Waals surface area contributed by atoms with Crippen molar-refractivity contribution in [3.8, 4) is 0 Å². The van der Waals surface area contributed by atoms with Crippen LogP contribution in [0, 0.1) is 0 Å². The quantitative estimate of drug-likeness (QED) is 0.400. The van der Waals surface area contributed by atoms with Crippen molar-refractivity contribution in [1.82, 2.24) is 14.5 Å². The number of aromatic nitrogens is 3. The molecule has 2 aromatic heterocycles. The minimum atomic E-state index is -1.44. The molecule has 3 rings (SSSR count). The van der Waals surface area contributed by atoms with Crippen molar-refractivity contribution in [3.63, 3.8) is 0 Å². The van der Waals surface area contributed by atoms with Crippen molar-refractivity contribution < 1.29 is 20.1 Å². The van der Waals surface area contributed by atoms with Gasteiger partial charge in [0, 0.05) is 0 Å². The summed E-state index contributed by atoms with van der Waals surface area (Å²) < 4.78 is 6.26. The van der Waals surface area contributed by atoms with E-state index >= 15 is 0 Å². The molecule has 0 bridgehead atoms. The molecule has 1 fully saturated rings. The Kier molecular flexibility index (Phi) is 3.30. The number of hydrogen-bond donors (Lipinski definition) is 5.